The summed E-state index contributed by atoms with van der Waals surface area (Å²) in [6.45, 7) is 4.01. The lowest BCUT2D eigenvalue weighted by molar-refractivity contribution is 0.287. The van der Waals surface area contributed by atoms with Gasteiger partial charge in [-0.2, -0.15) is 0 Å². The van der Waals surface area contributed by atoms with E-state index in [4.69, 9.17) is 7.85 Å². The van der Waals surface area contributed by atoms with Gasteiger partial charge in [-0.05, 0) is 77.2 Å². The number of aryl methyl sites for hydroxylation is 1. The summed E-state index contributed by atoms with van der Waals surface area (Å²) in [5.41, 5.74) is 3.69. The summed E-state index contributed by atoms with van der Waals surface area (Å²) in [5.74, 6) is 0.0921. The highest BCUT2D eigenvalue weighted by atomic mass is 19.1. The Morgan fingerprint density at radius 2 is 1.52 bits per heavy atom. The van der Waals surface area contributed by atoms with Crippen molar-refractivity contribution in [2.24, 2.45) is 11.8 Å². The Bertz CT molecular complexity index is 819. The topological polar surface area (TPSA) is 0 Å². The van der Waals surface area contributed by atoms with Gasteiger partial charge in [0.15, 0.2) is 0 Å². The van der Waals surface area contributed by atoms with Crippen LogP contribution in [0.15, 0.2) is 24.3 Å². The van der Waals surface area contributed by atoms with E-state index in [-0.39, 0.29) is 11.6 Å². The van der Waals surface area contributed by atoms with Crippen LogP contribution in [0.3, 0.4) is 0 Å². The first-order valence-corrected chi connectivity index (χ1v) is 9.33. The minimum atomic E-state index is -0.712. The van der Waals surface area contributed by atoms with Crippen molar-refractivity contribution in [2.75, 3.05) is 0 Å². The van der Waals surface area contributed by atoms with Crippen molar-refractivity contribution in [1.82, 2.24) is 0 Å². The molecule has 0 aromatic heterocycles. The van der Waals surface area contributed by atoms with E-state index in [1.54, 1.807) is 13.0 Å². The van der Waals surface area contributed by atoms with Crippen molar-refractivity contribution in [3.05, 3.63) is 58.2 Å². The fraction of sp³-hybridized carbons (Fsp3) is 0.455. The molecule has 0 N–H and O–H groups in total. The van der Waals surface area contributed by atoms with Crippen molar-refractivity contribution in [2.45, 2.75) is 51.8 Å². The zero-order chi connectivity index (χ0) is 17.7. The molecule has 0 amide bonds. The first-order valence-electron chi connectivity index (χ1n) is 9.33. The Kier molecular flexibility index (Phi) is 4.21. The fourth-order valence-corrected chi connectivity index (χ4v) is 4.56. The monoisotopic (exact) mass is 336 g/mol. The van der Waals surface area contributed by atoms with Crippen LogP contribution in [0.4, 0.5) is 8.78 Å². The maximum atomic E-state index is 15.3. The van der Waals surface area contributed by atoms with Crippen molar-refractivity contribution in [3.63, 3.8) is 0 Å². The van der Waals surface area contributed by atoms with Gasteiger partial charge in [0.2, 0.25) is 0 Å². The number of benzene rings is 2. The molecule has 0 saturated heterocycles. The summed E-state index contributed by atoms with van der Waals surface area (Å²) in [4.78, 5) is 0. The molecule has 0 aliphatic heterocycles. The average molecular weight is 336 g/mol. The molecule has 0 spiro atoms. The van der Waals surface area contributed by atoms with Crippen LogP contribution >= 0.6 is 0 Å². The maximum Gasteiger partial charge on any atom is 0.130 e. The number of fused-ring (bicyclic) bond motifs is 3. The van der Waals surface area contributed by atoms with E-state index >= 15 is 4.39 Å². The highest BCUT2D eigenvalue weighted by Gasteiger charge is 2.32. The predicted molar refractivity (Wildman–Crippen MR) is 99.0 cm³/mol. The fourth-order valence-electron chi connectivity index (χ4n) is 4.56. The Balaban J connectivity index is 1.69. The third-order valence-electron chi connectivity index (χ3n) is 6.19. The van der Waals surface area contributed by atoms with Crippen molar-refractivity contribution in [1.29, 1.82) is 0 Å². The summed E-state index contributed by atoms with van der Waals surface area (Å²) < 4.78 is 29.8. The second-order valence-electron chi connectivity index (χ2n) is 7.97. The van der Waals surface area contributed by atoms with E-state index in [1.165, 1.54) is 12.8 Å². The van der Waals surface area contributed by atoms with Gasteiger partial charge in [0.25, 0.3) is 0 Å². The molecule has 0 nitrogen and oxygen atoms in total. The van der Waals surface area contributed by atoms with Crippen molar-refractivity contribution < 1.29 is 8.78 Å². The first-order chi connectivity index (χ1) is 12.0. The highest BCUT2D eigenvalue weighted by Crippen LogP contribution is 2.47. The predicted octanol–water partition coefficient (Wildman–Crippen LogP) is 5.88. The maximum absolute atomic E-state index is 15.3. The lowest BCUT2D eigenvalue weighted by atomic mass is 9.76. The Morgan fingerprint density at radius 3 is 2.20 bits per heavy atom. The van der Waals surface area contributed by atoms with Crippen LogP contribution in [0.1, 0.15) is 60.7 Å². The standard InChI is InChI=1S/C22H23BF2/c1-12-3-6-14(7-4-12)11-15-8-10-17-16-9-5-13(2)21(24)18(16)20(23)19(17)22(15)25/h5,8-10,12,14,20H,3-4,6-7,11H2,1-2H3. The molecule has 1 unspecified atom stereocenters. The SMILES string of the molecule is [B]C1c2c(ccc(C)c2F)-c2ccc(CC3CCC(C)CC3)c(F)c21. The van der Waals surface area contributed by atoms with Crippen molar-refractivity contribution in [3.8, 4) is 11.1 Å². The molecule has 2 aliphatic carbocycles. The molecule has 0 heterocycles. The van der Waals surface area contributed by atoms with Gasteiger partial charge in [-0.15, -0.1) is 0 Å². The minimum Gasteiger partial charge on any atom is -0.206 e. The molecule has 1 fully saturated rings. The van der Waals surface area contributed by atoms with Crippen LogP contribution in [0.5, 0.6) is 0 Å². The normalized spacial score (nSPS) is 24.9. The van der Waals surface area contributed by atoms with Gasteiger partial charge in [0, 0.05) is 0 Å². The molecule has 128 valence electrons. The molecular formula is C22H23BF2. The summed E-state index contributed by atoms with van der Waals surface area (Å²) in [7, 11) is 6.27. The summed E-state index contributed by atoms with van der Waals surface area (Å²) >= 11 is 0. The Hall–Kier alpha value is -1.64. The van der Waals surface area contributed by atoms with E-state index in [2.05, 4.69) is 6.92 Å². The van der Waals surface area contributed by atoms with Crippen LogP contribution in [0.2, 0.25) is 0 Å². The smallest absolute Gasteiger partial charge is 0.130 e. The van der Waals surface area contributed by atoms with E-state index in [0.717, 1.165) is 41.9 Å². The minimum absolute atomic E-state index is 0.225. The molecule has 0 bridgehead atoms. The van der Waals surface area contributed by atoms with Crippen molar-refractivity contribution >= 4 is 7.85 Å². The largest absolute Gasteiger partial charge is 0.206 e. The Labute approximate surface area is 150 Å². The number of halogens is 2. The van der Waals surface area contributed by atoms with Gasteiger partial charge < -0.3 is 0 Å². The van der Waals surface area contributed by atoms with E-state index in [0.29, 0.717) is 22.6 Å². The molecule has 25 heavy (non-hydrogen) atoms. The second kappa shape index (κ2) is 6.27. The quantitative estimate of drug-likeness (QED) is 0.601. The zero-order valence-electron chi connectivity index (χ0n) is 14.9. The Morgan fingerprint density at radius 1 is 0.920 bits per heavy atom. The van der Waals surface area contributed by atoms with Crippen LogP contribution in [-0.2, 0) is 6.42 Å². The lowest BCUT2D eigenvalue weighted by Gasteiger charge is -2.26. The average Bonchev–Trinajstić information content (AvgIpc) is 2.89. The summed E-state index contributed by atoms with van der Waals surface area (Å²) in [6.07, 6.45) is 5.55. The van der Waals surface area contributed by atoms with Gasteiger partial charge in [-0.1, -0.05) is 44.0 Å². The zero-order valence-corrected chi connectivity index (χ0v) is 14.9. The molecule has 2 aliphatic rings. The van der Waals surface area contributed by atoms with E-state index in [1.807, 2.05) is 18.2 Å². The van der Waals surface area contributed by atoms with Gasteiger partial charge in [0.05, 0.1) is 7.85 Å². The van der Waals surface area contributed by atoms with Gasteiger partial charge in [-0.25, -0.2) is 8.78 Å². The van der Waals surface area contributed by atoms with Crippen LogP contribution in [0.25, 0.3) is 11.1 Å². The number of hydrogen-bond acceptors (Lipinski definition) is 0. The number of rotatable bonds is 2. The first kappa shape index (κ1) is 16.8. The van der Waals surface area contributed by atoms with Crippen LogP contribution in [-0.4, -0.2) is 7.85 Å². The third kappa shape index (κ3) is 2.72. The third-order valence-corrected chi connectivity index (χ3v) is 6.19. The second-order valence-corrected chi connectivity index (χ2v) is 7.97. The molecule has 3 heteroatoms. The van der Waals surface area contributed by atoms with E-state index in [9.17, 15) is 4.39 Å². The summed E-state index contributed by atoms with van der Waals surface area (Å²) in [6, 6.07) is 7.41. The molecule has 2 radical (unpaired) electrons. The highest BCUT2D eigenvalue weighted by molar-refractivity contribution is 6.17. The number of hydrogen-bond donors (Lipinski definition) is 0. The molecular weight excluding hydrogens is 313 g/mol. The van der Waals surface area contributed by atoms with Crippen LogP contribution < -0.4 is 0 Å². The summed E-state index contributed by atoms with van der Waals surface area (Å²) in [5, 5.41) is 0. The lowest BCUT2D eigenvalue weighted by Crippen LogP contribution is -2.15. The van der Waals surface area contributed by atoms with Crippen LogP contribution in [0, 0.1) is 30.4 Å². The van der Waals surface area contributed by atoms with Gasteiger partial charge in [0.1, 0.15) is 11.6 Å². The van der Waals surface area contributed by atoms with Gasteiger partial charge >= 0.3 is 0 Å². The molecule has 1 saturated carbocycles. The molecule has 2 aromatic rings. The molecule has 1 atom stereocenters. The molecule has 2 aromatic carbocycles. The molecule has 4 rings (SSSR count). The van der Waals surface area contributed by atoms with E-state index < -0.39 is 5.82 Å². The van der Waals surface area contributed by atoms with Gasteiger partial charge in [-0.3, -0.25) is 0 Å².